The smallest absolute Gasteiger partial charge is 0.342 e. The predicted octanol–water partition coefficient (Wildman–Crippen LogP) is 4.15. The third-order valence-electron chi connectivity index (χ3n) is 3.37. The van der Waals surface area contributed by atoms with E-state index in [1.54, 1.807) is 18.2 Å². The largest absolute Gasteiger partial charge is 0.507 e. The molecule has 0 saturated carbocycles. The zero-order valence-electron chi connectivity index (χ0n) is 12.8. The molecule has 0 aliphatic heterocycles. The van der Waals surface area contributed by atoms with Gasteiger partial charge in [0.25, 0.3) is 0 Å². The van der Waals surface area contributed by atoms with Crippen LogP contribution in [0.4, 0.5) is 0 Å². The molecule has 3 nitrogen and oxygen atoms in total. The van der Waals surface area contributed by atoms with Crippen LogP contribution in [0, 0.1) is 5.92 Å². The van der Waals surface area contributed by atoms with Gasteiger partial charge in [-0.3, -0.25) is 0 Å². The summed E-state index contributed by atoms with van der Waals surface area (Å²) in [6.07, 6.45) is 3.74. The molecule has 20 heavy (non-hydrogen) atoms. The number of rotatable bonds is 7. The maximum Gasteiger partial charge on any atom is 0.342 e. The van der Waals surface area contributed by atoms with Gasteiger partial charge in [-0.1, -0.05) is 45.7 Å². The van der Waals surface area contributed by atoms with Gasteiger partial charge in [0.2, 0.25) is 0 Å². The first kappa shape index (κ1) is 19.1. The summed E-state index contributed by atoms with van der Waals surface area (Å²) in [4.78, 5) is 12.0. The first-order valence-corrected chi connectivity index (χ1v) is 7.07. The average Bonchev–Trinajstić information content (AvgIpc) is 2.39. The maximum absolute atomic E-state index is 12.0. The van der Waals surface area contributed by atoms with Crippen LogP contribution >= 0.6 is 0 Å². The van der Waals surface area contributed by atoms with Crippen LogP contribution in [-0.2, 0) is 24.2 Å². The van der Waals surface area contributed by atoms with Crippen LogP contribution in [0.25, 0.3) is 0 Å². The van der Waals surface area contributed by atoms with Crippen LogP contribution in [0.2, 0.25) is 0 Å². The van der Waals surface area contributed by atoms with Gasteiger partial charge in [0.05, 0.1) is 0 Å². The number of esters is 1. The van der Waals surface area contributed by atoms with Gasteiger partial charge >= 0.3 is 5.97 Å². The third kappa shape index (κ3) is 6.04. The number of phenols is 1. The van der Waals surface area contributed by atoms with Gasteiger partial charge in [0.1, 0.15) is 17.4 Å². The Morgan fingerprint density at radius 3 is 2.50 bits per heavy atom. The molecule has 0 amide bonds. The molecule has 1 aromatic rings. The second-order valence-corrected chi connectivity index (χ2v) is 5.08. The Bertz CT molecular complexity index is 406. The van der Waals surface area contributed by atoms with Crippen molar-refractivity contribution in [2.45, 2.75) is 52.6 Å². The molecule has 0 saturated heterocycles. The van der Waals surface area contributed by atoms with Crippen molar-refractivity contribution in [3.63, 3.8) is 0 Å². The van der Waals surface area contributed by atoms with E-state index < -0.39 is 5.97 Å². The number of hydrogen-bond donors (Lipinski definition) is 1. The molecular formula is C16H24O3Zn. The summed E-state index contributed by atoms with van der Waals surface area (Å²) in [5, 5.41) is 9.65. The molecule has 2 unspecified atom stereocenters. The van der Waals surface area contributed by atoms with E-state index in [0.29, 0.717) is 5.92 Å². The molecule has 1 aromatic carbocycles. The van der Waals surface area contributed by atoms with Crippen LogP contribution in [-0.4, -0.2) is 17.2 Å². The molecule has 1 N–H and O–H groups in total. The molecule has 0 heterocycles. The van der Waals surface area contributed by atoms with Gasteiger partial charge in [0, 0.05) is 19.5 Å². The van der Waals surface area contributed by atoms with E-state index in [-0.39, 0.29) is 36.9 Å². The van der Waals surface area contributed by atoms with Gasteiger partial charge in [-0.2, -0.15) is 0 Å². The second kappa shape index (κ2) is 9.93. The summed E-state index contributed by atoms with van der Waals surface area (Å²) in [6, 6.07) is 6.50. The van der Waals surface area contributed by atoms with Gasteiger partial charge < -0.3 is 9.84 Å². The molecule has 108 valence electrons. The van der Waals surface area contributed by atoms with E-state index in [0.717, 1.165) is 25.7 Å². The number of para-hydroxylation sites is 1. The summed E-state index contributed by atoms with van der Waals surface area (Å²) in [7, 11) is 0. The fraction of sp³-hybridized carbons (Fsp3) is 0.562. The SMILES string of the molecule is CCCC(CC(C)CC)OC(=O)c1ccccc1O.[Zn]. The molecule has 0 bridgehead atoms. The molecule has 4 heteroatoms. The van der Waals surface area contributed by atoms with Crippen molar-refractivity contribution in [2.24, 2.45) is 5.92 Å². The summed E-state index contributed by atoms with van der Waals surface area (Å²) in [5.41, 5.74) is 0.243. The normalized spacial score (nSPS) is 13.2. The minimum Gasteiger partial charge on any atom is -0.507 e. The van der Waals surface area contributed by atoms with E-state index in [1.165, 1.54) is 6.07 Å². The zero-order chi connectivity index (χ0) is 14.3. The van der Waals surface area contributed by atoms with E-state index in [1.807, 2.05) is 0 Å². The Labute approximate surface area is 134 Å². The Morgan fingerprint density at radius 1 is 1.30 bits per heavy atom. The number of phenolic OH excluding ortho intramolecular Hbond substituents is 1. The van der Waals surface area contributed by atoms with Crippen LogP contribution in [0.5, 0.6) is 5.75 Å². The third-order valence-corrected chi connectivity index (χ3v) is 3.37. The topological polar surface area (TPSA) is 46.5 Å². The van der Waals surface area contributed by atoms with Crippen LogP contribution in [0.15, 0.2) is 24.3 Å². The number of aromatic hydroxyl groups is 1. The number of benzene rings is 1. The molecule has 1 rings (SSSR count). The van der Waals surface area contributed by atoms with Crippen molar-refractivity contribution in [3.05, 3.63) is 29.8 Å². The Balaban J connectivity index is 0.00000361. The van der Waals surface area contributed by atoms with E-state index >= 15 is 0 Å². The minimum absolute atomic E-state index is 0. The van der Waals surface area contributed by atoms with E-state index in [2.05, 4.69) is 20.8 Å². The standard InChI is InChI=1S/C16H24O3.Zn/c1-4-8-13(11-12(3)5-2)19-16(18)14-9-6-7-10-15(14)17;/h6-7,9-10,12-13,17H,4-5,8,11H2,1-3H3;. The average molecular weight is 330 g/mol. The predicted molar refractivity (Wildman–Crippen MR) is 76.3 cm³/mol. The summed E-state index contributed by atoms with van der Waals surface area (Å²) >= 11 is 0. The molecule has 2 atom stereocenters. The molecular weight excluding hydrogens is 306 g/mol. The Morgan fingerprint density at radius 2 is 1.95 bits per heavy atom. The maximum atomic E-state index is 12.0. The van der Waals surface area contributed by atoms with Crippen molar-refractivity contribution in [1.29, 1.82) is 0 Å². The van der Waals surface area contributed by atoms with Crippen molar-refractivity contribution < 1.29 is 34.1 Å². The molecule has 0 fully saturated rings. The number of carbonyl (C=O) groups is 1. The van der Waals surface area contributed by atoms with Gasteiger partial charge in [-0.05, 0) is 30.9 Å². The molecule has 0 aliphatic rings. The van der Waals surface area contributed by atoms with Crippen LogP contribution < -0.4 is 0 Å². The van der Waals surface area contributed by atoms with Crippen molar-refractivity contribution >= 4 is 5.97 Å². The number of hydrogen-bond acceptors (Lipinski definition) is 3. The van der Waals surface area contributed by atoms with Gasteiger partial charge in [-0.25, -0.2) is 4.79 Å². The van der Waals surface area contributed by atoms with Crippen LogP contribution in [0.1, 0.15) is 56.8 Å². The van der Waals surface area contributed by atoms with Gasteiger partial charge in [-0.15, -0.1) is 0 Å². The Kier molecular flexibility index (Phi) is 9.49. The van der Waals surface area contributed by atoms with Gasteiger partial charge in [0.15, 0.2) is 0 Å². The first-order valence-electron chi connectivity index (χ1n) is 7.07. The molecule has 0 aliphatic carbocycles. The fourth-order valence-electron chi connectivity index (χ4n) is 2.02. The van der Waals surface area contributed by atoms with Crippen LogP contribution in [0.3, 0.4) is 0 Å². The monoisotopic (exact) mass is 328 g/mol. The fourth-order valence-corrected chi connectivity index (χ4v) is 2.02. The summed E-state index contributed by atoms with van der Waals surface area (Å²) in [6.45, 7) is 6.38. The zero-order valence-corrected chi connectivity index (χ0v) is 15.7. The van der Waals surface area contributed by atoms with Crippen molar-refractivity contribution in [2.75, 3.05) is 0 Å². The summed E-state index contributed by atoms with van der Waals surface area (Å²) in [5.74, 6) is 0.0832. The number of carbonyl (C=O) groups excluding carboxylic acids is 1. The second-order valence-electron chi connectivity index (χ2n) is 5.08. The van der Waals surface area contributed by atoms with Crippen molar-refractivity contribution in [1.82, 2.24) is 0 Å². The summed E-state index contributed by atoms with van der Waals surface area (Å²) < 4.78 is 5.53. The quantitative estimate of drug-likeness (QED) is 0.604. The van der Waals surface area contributed by atoms with E-state index in [9.17, 15) is 9.90 Å². The Hall–Kier alpha value is -0.887. The first-order chi connectivity index (χ1) is 9.08. The van der Waals surface area contributed by atoms with Crippen molar-refractivity contribution in [3.8, 4) is 5.75 Å². The molecule has 0 spiro atoms. The molecule has 0 radical (unpaired) electrons. The number of ether oxygens (including phenoxy) is 1. The van der Waals surface area contributed by atoms with E-state index in [4.69, 9.17) is 4.74 Å². The molecule has 0 aromatic heterocycles. The minimum atomic E-state index is -0.431.